The van der Waals surface area contributed by atoms with Crippen molar-refractivity contribution in [2.45, 2.75) is 50.3 Å². The second-order valence-electron chi connectivity index (χ2n) is 8.57. The van der Waals surface area contributed by atoms with E-state index >= 15 is 0 Å². The van der Waals surface area contributed by atoms with Crippen molar-refractivity contribution in [2.24, 2.45) is 0 Å². The molecule has 3 rings (SSSR count). The number of benzene rings is 2. The molecule has 2 aromatic rings. The van der Waals surface area contributed by atoms with Gasteiger partial charge >= 0.3 is 0 Å². The zero-order valence-corrected chi connectivity index (χ0v) is 18.3. The Labute approximate surface area is 174 Å². The van der Waals surface area contributed by atoms with Gasteiger partial charge in [-0.25, -0.2) is 13.1 Å². The van der Waals surface area contributed by atoms with Crippen LogP contribution in [0.3, 0.4) is 0 Å². The average Bonchev–Trinajstić information content (AvgIpc) is 2.90. The maximum absolute atomic E-state index is 12.6. The van der Waals surface area contributed by atoms with Crippen molar-refractivity contribution in [3.8, 4) is 0 Å². The molecule has 0 radical (unpaired) electrons. The summed E-state index contributed by atoms with van der Waals surface area (Å²) in [7, 11) is -3.62. The third kappa shape index (κ3) is 5.46. The summed E-state index contributed by atoms with van der Waals surface area (Å²) >= 11 is 0. The number of sulfonamides is 1. The van der Waals surface area contributed by atoms with Crippen LogP contribution in [0, 0.1) is 0 Å². The Morgan fingerprint density at radius 2 is 1.52 bits per heavy atom. The summed E-state index contributed by atoms with van der Waals surface area (Å²) in [5, 5.41) is 0. The molecule has 156 valence electrons. The number of fused-ring (bicyclic) bond motifs is 1. The predicted octanol–water partition coefficient (Wildman–Crippen LogP) is 3.28. The van der Waals surface area contributed by atoms with Crippen LogP contribution in [0.1, 0.15) is 43.9 Å². The van der Waals surface area contributed by atoms with Crippen LogP contribution in [0.25, 0.3) is 0 Å². The van der Waals surface area contributed by atoms with E-state index in [-0.39, 0.29) is 29.2 Å². The van der Waals surface area contributed by atoms with Crippen LogP contribution in [0.2, 0.25) is 0 Å². The number of nitrogens with one attached hydrogen (secondary N) is 1. The van der Waals surface area contributed by atoms with Gasteiger partial charge in [0, 0.05) is 26.1 Å². The van der Waals surface area contributed by atoms with Gasteiger partial charge in [0.2, 0.25) is 15.9 Å². The maximum atomic E-state index is 12.6. The van der Waals surface area contributed by atoms with Gasteiger partial charge in [-0.3, -0.25) is 4.79 Å². The SMILES string of the molecule is CC(C)(C)c1ccc(S(=O)(=O)NCCC(=O)N2CCc3ccccc3CC2)cc1. The molecule has 0 saturated carbocycles. The van der Waals surface area contributed by atoms with E-state index in [1.807, 2.05) is 29.2 Å². The number of carbonyl (C=O) groups excluding carboxylic acids is 1. The lowest BCUT2D eigenvalue weighted by Gasteiger charge is -2.20. The second kappa shape index (κ2) is 8.67. The largest absolute Gasteiger partial charge is 0.342 e. The van der Waals surface area contributed by atoms with Crippen LogP contribution in [0.4, 0.5) is 0 Å². The van der Waals surface area contributed by atoms with Gasteiger partial charge < -0.3 is 4.90 Å². The lowest BCUT2D eigenvalue weighted by atomic mass is 9.87. The summed E-state index contributed by atoms with van der Waals surface area (Å²) in [5.41, 5.74) is 3.63. The van der Waals surface area contributed by atoms with Gasteiger partial charge in [0.1, 0.15) is 0 Å². The van der Waals surface area contributed by atoms with Crippen LogP contribution in [-0.4, -0.2) is 38.9 Å². The molecule has 1 heterocycles. The molecule has 5 nitrogen and oxygen atoms in total. The van der Waals surface area contributed by atoms with Crippen LogP contribution in [0.15, 0.2) is 53.4 Å². The number of carbonyl (C=O) groups is 1. The molecule has 2 aromatic carbocycles. The minimum Gasteiger partial charge on any atom is -0.342 e. The second-order valence-corrected chi connectivity index (χ2v) is 10.3. The molecule has 0 fully saturated rings. The van der Waals surface area contributed by atoms with Crippen molar-refractivity contribution < 1.29 is 13.2 Å². The van der Waals surface area contributed by atoms with Crippen LogP contribution in [0.5, 0.6) is 0 Å². The first-order valence-corrected chi connectivity index (χ1v) is 11.6. The van der Waals surface area contributed by atoms with Crippen LogP contribution in [-0.2, 0) is 33.1 Å². The molecule has 29 heavy (non-hydrogen) atoms. The van der Waals surface area contributed by atoms with Crippen molar-refractivity contribution in [1.29, 1.82) is 0 Å². The summed E-state index contributed by atoms with van der Waals surface area (Å²) in [6.45, 7) is 7.71. The fraction of sp³-hybridized carbons (Fsp3) is 0.435. The van der Waals surface area contributed by atoms with Gasteiger partial charge in [0.15, 0.2) is 0 Å². The zero-order chi connectivity index (χ0) is 21.1. The third-order valence-corrected chi connectivity index (χ3v) is 6.91. The fourth-order valence-electron chi connectivity index (χ4n) is 3.59. The normalized spacial score (nSPS) is 14.9. The highest BCUT2D eigenvalue weighted by atomic mass is 32.2. The summed E-state index contributed by atoms with van der Waals surface area (Å²) in [6, 6.07) is 15.2. The van der Waals surface area contributed by atoms with Gasteiger partial charge in [0.05, 0.1) is 4.90 Å². The summed E-state index contributed by atoms with van der Waals surface area (Å²) in [4.78, 5) is 14.6. The molecule has 0 unspecified atom stereocenters. The number of hydrogen-bond donors (Lipinski definition) is 1. The molecule has 1 amide bonds. The Morgan fingerprint density at radius 3 is 2.03 bits per heavy atom. The lowest BCUT2D eigenvalue weighted by molar-refractivity contribution is -0.130. The molecule has 0 bridgehead atoms. The van der Waals surface area contributed by atoms with E-state index in [1.165, 1.54) is 11.1 Å². The molecule has 0 saturated heterocycles. The van der Waals surface area contributed by atoms with Gasteiger partial charge in [-0.15, -0.1) is 0 Å². The van der Waals surface area contributed by atoms with E-state index in [0.717, 1.165) is 18.4 Å². The Hall–Kier alpha value is -2.18. The average molecular weight is 415 g/mol. The Balaban J connectivity index is 1.53. The van der Waals surface area contributed by atoms with E-state index in [9.17, 15) is 13.2 Å². The molecule has 6 heteroatoms. The number of hydrogen-bond acceptors (Lipinski definition) is 3. The molecular weight excluding hydrogens is 384 g/mol. The monoisotopic (exact) mass is 414 g/mol. The van der Waals surface area contributed by atoms with Crippen molar-refractivity contribution in [2.75, 3.05) is 19.6 Å². The molecule has 0 atom stereocenters. The minimum absolute atomic E-state index is 0.0106. The molecule has 0 spiro atoms. The van der Waals surface area contributed by atoms with Gasteiger partial charge in [-0.05, 0) is 47.1 Å². The van der Waals surface area contributed by atoms with E-state index < -0.39 is 10.0 Å². The number of rotatable bonds is 5. The molecule has 0 aromatic heterocycles. The Bertz CT molecular complexity index is 933. The first-order chi connectivity index (χ1) is 13.7. The van der Waals surface area contributed by atoms with Crippen molar-refractivity contribution in [3.05, 3.63) is 65.2 Å². The van der Waals surface area contributed by atoms with E-state index in [2.05, 4.69) is 37.6 Å². The first-order valence-electron chi connectivity index (χ1n) is 10.1. The number of amides is 1. The lowest BCUT2D eigenvalue weighted by Crippen LogP contribution is -2.36. The molecule has 1 aliphatic rings. The van der Waals surface area contributed by atoms with E-state index in [0.29, 0.717) is 13.1 Å². The smallest absolute Gasteiger partial charge is 0.240 e. The van der Waals surface area contributed by atoms with Crippen molar-refractivity contribution in [3.63, 3.8) is 0 Å². The van der Waals surface area contributed by atoms with Gasteiger partial charge in [-0.1, -0.05) is 57.2 Å². The highest BCUT2D eigenvalue weighted by Gasteiger charge is 2.20. The third-order valence-electron chi connectivity index (χ3n) is 5.43. The fourth-order valence-corrected chi connectivity index (χ4v) is 4.62. The molecule has 1 N–H and O–H groups in total. The van der Waals surface area contributed by atoms with E-state index in [4.69, 9.17) is 0 Å². The maximum Gasteiger partial charge on any atom is 0.240 e. The summed E-state index contributed by atoms with van der Waals surface area (Å²) in [5.74, 6) is -0.0106. The topological polar surface area (TPSA) is 66.5 Å². The van der Waals surface area contributed by atoms with Gasteiger partial charge in [-0.2, -0.15) is 0 Å². The van der Waals surface area contributed by atoms with Gasteiger partial charge in [0.25, 0.3) is 0 Å². The highest BCUT2D eigenvalue weighted by Crippen LogP contribution is 2.23. The molecule has 0 aliphatic carbocycles. The van der Waals surface area contributed by atoms with Crippen LogP contribution < -0.4 is 4.72 Å². The Morgan fingerprint density at radius 1 is 0.966 bits per heavy atom. The Kier molecular flexibility index (Phi) is 6.44. The standard InChI is InChI=1S/C23H30N2O3S/c1-23(2,3)20-8-10-21(11-9-20)29(27,28)24-15-12-22(26)25-16-13-18-6-4-5-7-19(18)14-17-25/h4-11,24H,12-17H2,1-3H3. The van der Waals surface area contributed by atoms with Crippen LogP contribution >= 0.6 is 0 Å². The first kappa shape index (κ1) is 21.5. The predicted molar refractivity (Wildman–Crippen MR) is 115 cm³/mol. The quantitative estimate of drug-likeness (QED) is 0.817. The van der Waals surface area contributed by atoms with E-state index in [1.54, 1.807) is 12.1 Å². The van der Waals surface area contributed by atoms with Crippen molar-refractivity contribution in [1.82, 2.24) is 9.62 Å². The summed E-state index contributed by atoms with van der Waals surface area (Å²) < 4.78 is 27.6. The summed E-state index contributed by atoms with van der Waals surface area (Å²) in [6.07, 6.45) is 1.84. The van der Waals surface area contributed by atoms with Crippen molar-refractivity contribution >= 4 is 15.9 Å². The molecular formula is C23H30N2O3S. The molecule has 1 aliphatic heterocycles. The zero-order valence-electron chi connectivity index (χ0n) is 17.4. The highest BCUT2D eigenvalue weighted by molar-refractivity contribution is 7.89. The minimum atomic E-state index is -3.62. The number of nitrogens with zero attached hydrogens (tertiary/aromatic N) is 1.